The highest BCUT2D eigenvalue weighted by Crippen LogP contribution is 2.25. The molecule has 0 unspecified atom stereocenters. The minimum Gasteiger partial charge on any atom is -0.452 e. The molecule has 0 radical (unpaired) electrons. The summed E-state index contributed by atoms with van der Waals surface area (Å²) in [7, 11) is -3.68. The molecule has 32 heavy (non-hydrogen) atoms. The number of carbonyl (C=O) groups is 2. The molecule has 0 atom stereocenters. The first-order valence-electron chi connectivity index (χ1n) is 11.0. The van der Waals surface area contributed by atoms with Gasteiger partial charge in [0.25, 0.3) is 5.91 Å². The minimum atomic E-state index is -3.68. The zero-order chi connectivity index (χ0) is 22.7. The number of benzene rings is 2. The smallest absolute Gasteiger partial charge is 0.338 e. The summed E-state index contributed by atoms with van der Waals surface area (Å²) in [5, 5.41) is 0. The first-order valence-corrected chi connectivity index (χ1v) is 12.4. The zero-order valence-electron chi connectivity index (χ0n) is 18.2. The van der Waals surface area contributed by atoms with Crippen LogP contribution in [0.1, 0.15) is 46.3 Å². The molecule has 2 aliphatic heterocycles. The molecule has 170 valence electrons. The average molecular weight is 457 g/mol. The number of fused-ring (bicyclic) bond motifs is 1. The number of piperidine rings is 1. The maximum Gasteiger partial charge on any atom is 0.338 e. The summed E-state index contributed by atoms with van der Waals surface area (Å²) in [6.07, 6.45) is 3.46. The quantitative estimate of drug-likeness (QED) is 0.646. The van der Waals surface area contributed by atoms with Crippen LogP contribution in [0.25, 0.3) is 0 Å². The molecule has 7 nitrogen and oxygen atoms in total. The predicted octanol–water partition coefficient (Wildman–Crippen LogP) is 2.91. The predicted molar refractivity (Wildman–Crippen MR) is 120 cm³/mol. The van der Waals surface area contributed by atoms with Crippen LogP contribution in [0.5, 0.6) is 0 Å². The molecular formula is C24H28N2O5S. The number of sulfonamides is 1. The Morgan fingerprint density at radius 2 is 1.69 bits per heavy atom. The van der Waals surface area contributed by atoms with E-state index in [9.17, 15) is 18.0 Å². The van der Waals surface area contributed by atoms with Crippen molar-refractivity contribution >= 4 is 21.9 Å². The molecule has 2 aromatic rings. The molecule has 1 fully saturated rings. The average Bonchev–Trinajstić information content (AvgIpc) is 2.82. The molecule has 0 saturated carbocycles. The van der Waals surface area contributed by atoms with Gasteiger partial charge in [0.15, 0.2) is 6.61 Å². The molecule has 2 aliphatic rings. The molecule has 0 aliphatic carbocycles. The van der Waals surface area contributed by atoms with Crippen molar-refractivity contribution in [2.24, 2.45) is 0 Å². The van der Waals surface area contributed by atoms with Gasteiger partial charge in [0.1, 0.15) is 0 Å². The Balaban J connectivity index is 1.42. The summed E-state index contributed by atoms with van der Waals surface area (Å²) < 4.78 is 32.9. The summed E-state index contributed by atoms with van der Waals surface area (Å²) in [4.78, 5) is 27.0. The Hall–Kier alpha value is -2.71. The molecule has 2 heterocycles. The lowest BCUT2D eigenvalue weighted by Crippen LogP contribution is -2.38. The van der Waals surface area contributed by atoms with Crippen LogP contribution in [0.15, 0.2) is 47.4 Å². The van der Waals surface area contributed by atoms with Gasteiger partial charge in [-0.25, -0.2) is 13.2 Å². The Morgan fingerprint density at radius 3 is 2.44 bits per heavy atom. The van der Waals surface area contributed by atoms with E-state index in [-0.39, 0.29) is 23.0 Å². The van der Waals surface area contributed by atoms with E-state index in [0.29, 0.717) is 31.7 Å². The number of ether oxygens (including phenoxy) is 1. The van der Waals surface area contributed by atoms with Gasteiger partial charge in [0, 0.05) is 26.2 Å². The highest BCUT2D eigenvalue weighted by atomic mass is 32.2. The third kappa shape index (κ3) is 4.71. The lowest BCUT2D eigenvalue weighted by Gasteiger charge is -2.28. The lowest BCUT2D eigenvalue weighted by atomic mass is 10.00. The van der Waals surface area contributed by atoms with Gasteiger partial charge in [-0.3, -0.25) is 4.79 Å². The maximum atomic E-state index is 13.1. The topological polar surface area (TPSA) is 84.0 Å². The van der Waals surface area contributed by atoms with Crippen LogP contribution in [0.3, 0.4) is 0 Å². The SMILES string of the molecule is Cc1ccc(C(=O)OCC(=O)N2CCc3ccccc3C2)cc1S(=O)(=O)N1CCCCC1. The third-order valence-electron chi connectivity index (χ3n) is 6.17. The summed E-state index contributed by atoms with van der Waals surface area (Å²) in [6.45, 7) is 3.39. The van der Waals surface area contributed by atoms with Crippen LogP contribution in [-0.4, -0.2) is 55.7 Å². The molecular weight excluding hydrogens is 428 g/mol. The van der Waals surface area contributed by atoms with Crippen LogP contribution >= 0.6 is 0 Å². The van der Waals surface area contributed by atoms with Gasteiger partial charge in [-0.15, -0.1) is 0 Å². The Labute approximate surface area is 189 Å². The standard InChI is InChI=1S/C24H28N2O5S/c1-18-9-10-20(15-22(18)32(29,30)26-12-5-2-6-13-26)24(28)31-17-23(27)25-14-11-19-7-3-4-8-21(19)16-25/h3-4,7-10,15H,2,5-6,11-14,16-17H2,1H3. The third-order valence-corrected chi connectivity index (χ3v) is 8.21. The summed E-state index contributed by atoms with van der Waals surface area (Å²) in [6, 6.07) is 12.5. The molecule has 1 saturated heterocycles. The van der Waals surface area contributed by atoms with E-state index in [4.69, 9.17) is 4.74 Å². The van der Waals surface area contributed by atoms with Gasteiger partial charge >= 0.3 is 5.97 Å². The Bertz CT molecular complexity index is 1120. The molecule has 0 N–H and O–H groups in total. The van der Waals surface area contributed by atoms with Crippen molar-refractivity contribution in [2.75, 3.05) is 26.2 Å². The molecule has 0 spiro atoms. The second-order valence-corrected chi connectivity index (χ2v) is 10.3. The summed E-state index contributed by atoms with van der Waals surface area (Å²) >= 11 is 0. The van der Waals surface area contributed by atoms with E-state index in [1.165, 1.54) is 22.0 Å². The van der Waals surface area contributed by atoms with Crippen molar-refractivity contribution in [3.63, 3.8) is 0 Å². The van der Waals surface area contributed by atoms with Crippen LogP contribution in [0.4, 0.5) is 0 Å². The van der Waals surface area contributed by atoms with Gasteiger partial charge in [-0.05, 0) is 55.0 Å². The maximum absolute atomic E-state index is 13.1. The number of hydrogen-bond acceptors (Lipinski definition) is 5. The van der Waals surface area contributed by atoms with Crippen molar-refractivity contribution in [3.8, 4) is 0 Å². The normalized spacial score (nSPS) is 17.0. The van der Waals surface area contributed by atoms with Gasteiger partial charge in [-0.1, -0.05) is 36.8 Å². The van der Waals surface area contributed by atoms with E-state index in [2.05, 4.69) is 6.07 Å². The number of hydrogen-bond donors (Lipinski definition) is 0. The molecule has 1 amide bonds. The molecule has 0 bridgehead atoms. The summed E-state index contributed by atoms with van der Waals surface area (Å²) in [5.74, 6) is -0.966. The zero-order valence-corrected chi connectivity index (χ0v) is 19.1. The number of amides is 1. The van der Waals surface area contributed by atoms with E-state index < -0.39 is 16.0 Å². The Morgan fingerprint density at radius 1 is 0.969 bits per heavy atom. The second kappa shape index (κ2) is 9.42. The van der Waals surface area contributed by atoms with Crippen LogP contribution < -0.4 is 0 Å². The summed E-state index contributed by atoms with van der Waals surface area (Å²) in [5.41, 5.74) is 3.04. The Kier molecular flexibility index (Phi) is 6.62. The van der Waals surface area contributed by atoms with Gasteiger partial charge < -0.3 is 9.64 Å². The molecule has 4 rings (SSSR count). The van der Waals surface area contributed by atoms with E-state index >= 15 is 0 Å². The van der Waals surface area contributed by atoms with Gasteiger partial charge in [0.05, 0.1) is 10.5 Å². The van der Waals surface area contributed by atoms with E-state index in [0.717, 1.165) is 31.2 Å². The highest BCUT2D eigenvalue weighted by molar-refractivity contribution is 7.89. The molecule has 0 aromatic heterocycles. The largest absolute Gasteiger partial charge is 0.452 e. The van der Waals surface area contributed by atoms with Crippen molar-refractivity contribution in [1.29, 1.82) is 0 Å². The van der Waals surface area contributed by atoms with Gasteiger partial charge in [-0.2, -0.15) is 4.31 Å². The van der Waals surface area contributed by atoms with Crippen LogP contribution in [0.2, 0.25) is 0 Å². The van der Waals surface area contributed by atoms with E-state index in [1.54, 1.807) is 17.9 Å². The van der Waals surface area contributed by atoms with Crippen LogP contribution in [0, 0.1) is 6.92 Å². The first kappa shape index (κ1) is 22.5. The first-order chi connectivity index (χ1) is 15.4. The minimum absolute atomic E-state index is 0.118. The second-order valence-electron chi connectivity index (χ2n) is 8.36. The number of nitrogens with zero attached hydrogens (tertiary/aromatic N) is 2. The highest BCUT2D eigenvalue weighted by Gasteiger charge is 2.28. The van der Waals surface area contributed by atoms with Crippen molar-refractivity contribution in [3.05, 3.63) is 64.7 Å². The van der Waals surface area contributed by atoms with E-state index in [1.807, 2.05) is 18.2 Å². The fourth-order valence-corrected chi connectivity index (χ4v) is 6.03. The number of aryl methyl sites for hydroxylation is 1. The molecule has 2 aromatic carbocycles. The lowest BCUT2D eigenvalue weighted by molar-refractivity contribution is -0.135. The van der Waals surface area contributed by atoms with Crippen molar-refractivity contribution < 1.29 is 22.7 Å². The number of esters is 1. The van der Waals surface area contributed by atoms with Crippen molar-refractivity contribution in [1.82, 2.24) is 9.21 Å². The monoisotopic (exact) mass is 456 g/mol. The van der Waals surface area contributed by atoms with Crippen LogP contribution in [-0.2, 0) is 32.5 Å². The number of carbonyl (C=O) groups excluding carboxylic acids is 2. The van der Waals surface area contributed by atoms with Gasteiger partial charge in [0.2, 0.25) is 10.0 Å². The molecule has 8 heteroatoms. The van der Waals surface area contributed by atoms with Crippen molar-refractivity contribution in [2.45, 2.75) is 44.0 Å². The fraction of sp³-hybridized carbons (Fsp3) is 0.417. The number of rotatable bonds is 5. The fourth-order valence-electron chi connectivity index (χ4n) is 4.26.